The van der Waals surface area contributed by atoms with Gasteiger partial charge in [-0.3, -0.25) is 9.52 Å². The summed E-state index contributed by atoms with van der Waals surface area (Å²) in [4.78, 5) is 18.2. The van der Waals surface area contributed by atoms with Gasteiger partial charge in [-0.05, 0) is 37.1 Å². The fourth-order valence-electron chi connectivity index (χ4n) is 2.94. The number of benzene rings is 1. The van der Waals surface area contributed by atoms with Crippen LogP contribution in [0.25, 0.3) is 11.4 Å². The van der Waals surface area contributed by atoms with Gasteiger partial charge in [0.15, 0.2) is 0 Å². The summed E-state index contributed by atoms with van der Waals surface area (Å²) in [7, 11) is -3.77. The van der Waals surface area contributed by atoms with Crippen molar-refractivity contribution < 1.29 is 22.5 Å². The lowest BCUT2D eigenvalue weighted by molar-refractivity contribution is 0.0272. The van der Waals surface area contributed by atoms with Crippen molar-refractivity contribution in [1.82, 2.24) is 15.0 Å². The average molecular weight is 449 g/mol. The molecule has 0 saturated carbocycles. The number of hydrogen-bond acceptors (Lipinski definition) is 8. The zero-order valence-corrected chi connectivity index (χ0v) is 18.0. The first-order valence-corrected chi connectivity index (χ1v) is 11.6. The standard InChI is InChI=1S/C19H20N4O5S2/c1-12-3-4-13(2)15(9-12)22-30(25,26)16-10-14(11-29-16)17-20-18(28-21-17)19(24)23-5-7-27-8-6-23/h3-4,9-11,22H,5-8H2,1-2H3. The minimum Gasteiger partial charge on any atom is -0.378 e. The fraction of sp³-hybridized carbons (Fsp3) is 0.316. The highest BCUT2D eigenvalue weighted by molar-refractivity contribution is 7.94. The Kier molecular flexibility index (Phi) is 5.58. The van der Waals surface area contributed by atoms with E-state index in [0.717, 1.165) is 22.5 Å². The van der Waals surface area contributed by atoms with Crippen molar-refractivity contribution in [2.24, 2.45) is 0 Å². The molecule has 2 aromatic heterocycles. The first-order chi connectivity index (χ1) is 14.3. The third kappa shape index (κ3) is 4.23. The van der Waals surface area contributed by atoms with E-state index in [2.05, 4.69) is 14.9 Å². The van der Waals surface area contributed by atoms with Gasteiger partial charge in [0, 0.05) is 24.0 Å². The van der Waals surface area contributed by atoms with Crippen molar-refractivity contribution in [1.29, 1.82) is 0 Å². The summed E-state index contributed by atoms with van der Waals surface area (Å²) >= 11 is 1.04. The van der Waals surface area contributed by atoms with Crippen molar-refractivity contribution in [2.75, 3.05) is 31.0 Å². The monoisotopic (exact) mass is 448 g/mol. The molecular formula is C19H20N4O5S2. The van der Waals surface area contributed by atoms with Crippen LogP contribution < -0.4 is 4.72 Å². The lowest BCUT2D eigenvalue weighted by Crippen LogP contribution is -2.40. The van der Waals surface area contributed by atoms with Crippen LogP contribution in [0.15, 0.2) is 38.4 Å². The Labute approximate surface area is 177 Å². The van der Waals surface area contributed by atoms with Gasteiger partial charge in [0.25, 0.3) is 10.0 Å². The number of amides is 1. The maximum atomic E-state index is 12.8. The van der Waals surface area contributed by atoms with Crippen molar-refractivity contribution in [3.8, 4) is 11.4 Å². The predicted octanol–water partition coefficient (Wildman–Crippen LogP) is 2.69. The quantitative estimate of drug-likeness (QED) is 0.638. The first-order valence-electron chi connectivity index (χ1n) is 9.23. The number of sulfonamides is 1. The number of rotatable bonds is 5. The van der Waals surface area contributed by atoms with E-state index in [1.54, 1.807) is 16.3 Å². The van der Waals surface area contributed by atoms with Gasteiger partial charge in [-0.25, -0.2) is 8.42 Å². The first kappa shape index (κ1) is 20.5. The van der Waals surface area contributed by atoms with Gasteiger partial charge in [0.05, 0.1) is 18.9 Å². The van der Waals surface area contributed by atoms with Gasteiger partial charge in [-0.2, -0.15) is 4.98 Å². The fourth-order valence-corrected chi connectivity index (χ4v) is 5.22. The molecule has 11 heteroatoms. The molecule has 3 aromatic rings. The van der Waals surface area contributed by atoms with E-state index in [0.29, 0.717) is 37.6 Å². The predicted molar refractivity (Wildman–Crippen MR) is 111 cm³/mol. The van der Waals surface area contributed by atoms with Crippen LogP contribution >= 0.6 is 11.3 Å². The van der Waals surface area contributed by atoms with Crippen LogP contribution in [0.4, 0.5) is 5.69 Å². The number of thiophene rings is 1. The Balaban J connectivity index is 1.53. The molecule has 0 aliphatic carbocycles. The van der Waals surface area contributed by atoms with Gasteiger partial charge in [0.1, 0.15) is 4.21 Å². The van der Waals surface area contributed by atoms with E-state index in [1.165, 1.54) is 6.07 Å². The normalized spacial score (nSPS) is 14.7. The topological polar surface area (TPSA) is 115 Å². The Morgan fingerprint density at radius 1 is 1.20 bits per heavy atom. The molecule has 0 radical (unpaired) electrons. The average Bonchev–Trinajstić information content (AvgIpc) is 3.40. The highest BCUT2D eigenvalue weighted by atomic mass is 32.2. The molecule has 1 amide bonds. The van der Waals surface area contributed by atoms with Gasteiger partial charge < -0.3 is 14.2 Å². The zero-order valence-electron chi connectivity index (χ0n) is 16.4. The summed E-state index contributed by atoms with van der Waals surface area (Å²) in [6, 6.07) is 7.03. The highest BCUT2D eigenvalue weighted by Gasteiger charge is 2.25. The van der Waals surface area contributed by atoms with E-state index in [-0.39, 0.29) is 21.8 Å². The smallest absolute Gasteiger partial charge is 0.316 e. The number of morpholine rings is 1. The minimum atomic E-state index is -3.77. The number of carbonyl (C=O) groups is 1. The summed E-state index contributed by atoms with van der Waals surface area (Å²) in [6.45, 7) is 5.58. The number of aromatic nitrogens is 2. The van der Waals surface area contributed by atoms with E-state index in [9.17, 15) is 13.2 Å². The van der Waals surface area contributed by atoms with Gasteiger partial charge in [-0.15, -0.1) is 11.3 Å². The molecule has 158 valence electrons. The third-order valence-electron chi connectivity index (χ3n) is 4.64. The van der Waals surface area contributed by atoms with Crippen LogP contribution in [0.3, 0.4) is 0 Å². The van der Waals surface area contributed by atoms with Crippen LogP contribution in [0, 0.1) is 13.8 Å². The van der Waals surface area contributed by atoms with Crippen LogP contribution in [0.5, 0.6) is 0 Å². The van der Waals surface area contributed by atoms with Crippen LogP contribution in [0.2, 0.25) is 0 Å². The van der Waals surface area contributed by atoms with Gasteiger partial charge in [-0.1, -0.05) is 17.3 Å². The maximum absolute atomic E-state index is 12.8. The van der Waals surface area contributed by atoms with E-state index >= 15 is 0 Å². The zero-order chi connectivity index (χ0) is 21.3. The molecule has 1 aliphatic heterocycles. The molecule has 0 unspecified atom stereocenters. The number of aryl methyl sites for hydroxylation is 2. The summed E-state index contributed by atoms with van der Waals surface area (Å²) in [5.41, 5.74) is 2.77. The molecule has 3 heterocycles. The number of nitrogens with one attached hydrogen (secondary N) is 1. The summed E-state index contributed by atoms with van der Waals surface area (Å²) < 4.78 is 38.6. The molecule has 0 spiro atoms. The molecule has 4 rings (SSSR count). The van der Waals surface area contributed by atoms with Crippen LogP contribution in [-0.2, 0) is 14.8 Å². The van der Waals surface area contributed by atoms with Crippen molar-refractivity contribution in [2.45, 2.75) is 18.1 Å². The van der Waals surface area contributed by atoms with Gasteiger partial charge in [0.2, 0.25) is 5.82 Å². The second-order valence-electron chi connectivity index (χ2n) is 6.91. The summed E-state index contributed by atoms with van der Waals surface area (Å²) in [5.74, 6) is -0.330. The number of nitrogens with zero attached hydrogens (tertiary/aromatic N) is 3. The Morgan fingerprint density at radius 2 is 1.97 bits per heavy atom. The molecule has 1 aromatic carbocycles. The molecular weight excluding hydrogens is 428 g/mol. The van der Waals surface area contributed by atoms with E-state index in [4.69, 9.17) is 9.26 Å². The molecule has 9 nitrogen and oxygen atoms in total. The summed E-state index contributed by atoms with van der Waals surface area (Å²) in [5, 5.41) is 5.45. The number of carbonyl (C=O) groups excluding carboxylic acids is 1. The van der Waals surface area contributed by atoms with Crippen molar-refractivity contribution >= 4 is 33.0 Å². The molecule has 1 N–H and O–H groups in total. The maximum Gasteiger partial charge on any atom is 0.316 e. The largest absolute Gasteiger partial charge is 0.378 e. The van der Waals surface area contributed by atoms with Crippen LogP contribution in [-0.4, -0.2) is 55.7 Å². The Bertz CT molecular complexity index is 1180. The molecule has 1 aliphatic rings. The number of ether oxygens (including phenoxy) is 1. The van der Waals surface area contributed by atoms with E-state index < -0.39 is 10.0 Å². The van der Waals surface area contributed by atoms with E-state index in [1.807, 2.05) is 26.0 Å². The third-order valence-corrected chi connectivity index (χ3v) is 7.45. The molecule has 0 atom stereocenters. The molecule has 1 saturated heterocycles. The Hall–Kier alpha value is -2.76. The molecule has 0 bridgehead atoms. The Morgan fingerprint density at radius 3 is 2.73 bits per heavy atom. The lowest BCUT2D eigenvalue weighted by atomic mass is 10.1. The molecule has 1 fully saturated rings. The summed E-state index contributed by atoms with van der Waals surface area (Å²) in [6.07, 6.45) is 0. The van der Waals surface area contributed by atoms with Crippen LogP contribution in [0.1, 0.15) is 21.8 Å². The molecule has 30 heavy (non-hydrogen) atoms. The van der Waals surface area contributed by atoms with Crippen molar-refractivity contribution in [3.05, 3.63) is 46.7 Å². The number of hydrogen-bond donors (Lipinski definition) is 1. The minimum absolute atomic E-state index is 0.115. The highest BCUT2D eigenvalue weighted by Crippen LogP contribution is 2.29. The SMILES string of the molecule is Cc1ccc(C)c(NS(=O)(=O)c2cc(-c3noc(C(=O)N4CCOCC4)n3)cs2)c1. The second kappa shape index (κ2) is 8.17. The van der Waals surface area contributed by atoms with Gasteiger partial charge >= 0.3 is 11.8 Å². The number of anilines is 1. The van der Waals surface area contributed by atoms with Crippen molar-refractivity contribution in [3.63, 3.8) is 0 Å². The lowest BCUT2D eigenvalue weighted by Gasteiger charge is -2.25. The second-order valence-corrected chi connectivity index (χ2v) is 9.73.